The van der Waals surface area contributed by atoms with Crippen molar-refractivity contribution in [3.63, 3.8) is 0 Å². The van der Waals surface area contributed by atoms with Crippen LogP contribution >= 0.6 is 0 Å². The van der Waals surface area contributed by atoms with Crippen molar-refractivity contribution in [1.29, 1.82) is 0 Å². The van der Waals surface area contributed by atoms with Crippen molar-refractivity contribution in [2.75, 3.05) is 18.5 Å². The number of imidazole rings is 1. The quantitative estimate of drug-likeness (QED) is 0.875. The minimum Gasteiger partial charge on any atom is -0.352 e. The van der Waals surface area contributed by atoms with Crippen molar-refractivity contribution in [3.05, 3.63) is 30.1 Å². The molecule has 2 aromatic rings. The first-order valence-corrected chi connectivity index (χ1v) is 7.74. The zero-order chi connectivity index (χ0) is 13.5. The molecule has 2 fully saturated rings. The number of fused-ring (bicyclic) bond motifs is 1. The average Bonchev–Trinajstić information content (AvgIpc) is 3.35. The monoisotopic (exact) mass is 270 g/mol. The second-order valence-electron chi connectivity index (χ2n) is 6.17. The molecule has 0 unspecified atom stereocenters. The maximum Gasteiger partial charge on any atom is 0.152 e. The molecular weight excluding hydrogens is 248 g/mol. The van der Waals surface area contributed by atoms with Gasteiger partial charge in [-0.05, 0) is 50.8 Å². The Hall–Kier alpha value is -1.55. The summed E-state index contributed by atoms with van der Waals surface area (Å²) in [5, 5.41) is 3.30. The predicted molar refractivity (Wildman–Crippen MR) is 81.0 cm³/mol. The molecule has 4 rings (SSSR count). The third-order valence-corrected chi connectivity index (χ3v) is 4.36. The summed E-state index contributed by atoms with van der Waals surface area (Å²) in [6, 6.07) is 6.98. The van der Waals surface area contributed by atoms with Gasteiger partial charge in [-0.3, -0.25) is 0 Å². The van der Waals surface area contributed by atoms with E-state index < -0.39 is 0 Å². The van der Waals surface area contributed by atoms with Gasteiger partial charge in [-0.25, -0.2) is 4.98 Å². The molecule has 2 aliphatic carbocycles. The molecule has 2 aliphatic rings. The van der Waals surface area contributed by atoms with Gasteiger partial charge in [0.15, 0.2) is 5.82 Å². The van der Waals surface area contributed by atoms with Gasteiger partial charge in [-0.1, -0.05) is 6.07 Å². The molecule has 4 heteroatoms. The van der Waals surface area contributed by atoms with Gasteiger partial charge in [0.2, 0.25) is 0 Å². The van der Waals surface area contributed by atoms with E-state index in [4.69, 9.17) is 4.98 Å². The Morgan fingerprint density at radius 1 is 1.30 bits per heavy atom. The highest BCUT2D eigenvalue weighted by atomic mass is 15.3. The molecule has 20 heavy (non-hydrogen) atoms. The lowest BCUT2D eigenvalue weighted by atomic mass is 10.3. The van der Waals surface area contributed by atoms with E-state index in [0.717, 1.165) is 24.2 Å². The second kappa shape index (κ2) is 4.77. The maximum atomic E-state index is 4.92. The minimum atomic E-state index is 0.733. The third-order valence-electron chi connectivity index (χ3n) is 4.36. The van der Waals surface area contributed by atoms with Gasteiger partial charge in [-0.2, -0.15) is 0 Å². The molecule has 0 spiro atoms. The fourth-order valence-electron chi connectivity index (χ4n) is 2.97. The molecule has 1 N–H and O–H groups in total. The van der Waals surface area contributed by atoms with Crippen LogP contribution in [0.1, 0.15) is 31.4 Å². The second-order valence-corrected chi connectivity index (χ2v) is 6.17. The lowest BCUT2D eigenvalue weighted by Crippen LogP contribution is -2.30. The fourth-order valence-corrected chi connectivity index (χ4v) is 2.97. The van der Waals surface area contributed by atoms with Crippen LogP contribution in [0.4, 0.5) is 5.82 Å². The van der Waals surface area contributed by atoms with E-state index in [0.29, 0.717) is 0 Å². The normalized spacial score (nSPS) is 18.6. The third kappa shape index (κ3) is 2.18. The standard InChI is InChI=1S/C16H22N4/c1-17-10-14-16(18-15-4-2-3-9-19(14)15)20(13-7-8-13)11-12-5-6-12/h2-4,9,12-13,17H,5-8,10-11H2,1H3. The van der Waals surface area contributed by atoms with Crippen LogP contribution in [-0.2, 0) is 6.54 Å². The van der Waals surface area contributed by atoms with E-state index >= 15 is 0 Å². The van der Waals surface area contributed by atoms with E-state index in [1.54, 1.807) is 0 Å². The van der Waals surface area contributed by atoms with Gasteiger partial charge in [0.25, 0.3) is 0 Å². The summed E-state index contributed by atoms with van der Waals surface area (Å²) < 4.78 is 2.23. The first-order chi connectivity index (χ1) is 9.86. The highest BCUT2D eigenvalue weighted by molar-refractivity contribution is 5.57. The van der Waals surface area contributed by atoms with E-state index in [9.17, 15) is 0 Å². The Labute approximate surface area is 119 Å². The molecule has 106 valence electrons. The van der Waals surface area contributed by atoms with Crippen molar-refractivity contribution in [2.45, 2.75) is 38.3 Å². The molecule has 0 radical (unpaired) electrons. The first-order valence-electron chi connectivity index (χ1n) is 7.74. The number of hydrogen-bond acceptors (Lipinski definition) is 3. The highest BCUT2D eigenvalue weighted by Gasteiger charge is 2.36. The summed E-state index contributed by atoms with van der Waals surface area (Å²) in [4.78, 5) is 7.50. The van der Waals surface area contributed by atoms with Crippen LogP contribution in [0, 0.1) is 5.92 Å². The molecule has 0 amide bonds. The number of nitrogens with one attached hydrogen (secondary N) is 1. The Kier molecular flexibility index (Phi) is 2.91. The Bertz CT molecular complexity index is 610. The van der Waals surface area contributed by atoms with E-state index in [-0.39, 0.29) is 0 Å². The van der Waals surface area contributed by atoms with Crippen LogP contribution in [-0.4, -0.2) is 29.0 Å². The first kappa shape index (κ1) is 12.2. The smallest absolute Gasteiger partial charge is 0.152 e. The number of hydrogen-bond donors (Lipinski definition) is 1. The molecule has 2 aromatic heterocycles. The van der Waals surface area contributed by atoms with Crippen LogP contribution in [0.2, 0.25) is 0 Å². The molecule has 4 nitrogen and oxygen atoms in total. The predicted octanol–water partition coefficient (Wildman–Crippen LogP) is 2.43. The number of aromatic nitrogens is 2. The summed E-state index contributed by atoms with van der Waals surface area (Å²) >= 11 is 0. The molecular formula is C16H22N4. The molecule has 0 aromatic carbocycles. The summed E-state index contributed by atoms with van der Waals surface area (Å²) in [5.74, 6) is 2.11. The van der Waals surface area contributed by atoms with E-state index in [1.165, 1.54) is 43.7 Å². The molecule has 0 aliphatic heterocycles. The Morgan fingerprint density at radius 2 is 2.15 bits per heavy atom. The van der Waals surface area contributed by atoms with E-state index in [1.807, 2.05) is 7.05 Å². The molecule has 0 bridgehead atoms. The van der Waals surface area contributed by atoms with Gasteiger partial charge in [-0.15, -0.1) is 0 Å². The number of rotatable bonds is 6. The van der Waals surface area contributed by atoms with Crippen molar-refractivity contribution in [3.8, 4) is 0 Å². The molecule has 0 atom stereocenters. The largest absolute Gasteiger partial charge is 0.352 e. The van der Waals surface area contributed by atoms with Crippen molar-refractivity contribution >= 4 is 11.5 Å². The topological polar surface area (TPSA) is 32.6 Å². The average molecular weight is 270 g/mol. The minimum absolute atomic E-state index is 0.733. The Balaban J connectivity index is 1.77. The van der Waals surface area contributed by atoms with Crippen molar-refractivity contribution in [2.24, 2.45) is 5.92 Å². The van der Waals surface area contributed by atoms with Crippen molar-refractivity contribution in [1.82, 2.24) is 14.7 Å². The lowest BCUT2D eigenvalue weighted by Gasteiger charge is -2.23. The fraction of sp³-hybridized carbons (Fsp3) is 0.562. The summed E-state index contributed by atoms with van der Waals surface area (Å²) in [6.07, 6.45) is 7.59. The van der Waals surface area contributed by atoms with Gasteiger partial charge < -0.3 is 14.6 Å². The van der Waals surface area contributed by atoms with E-state index in [2.05, 4.69) is 39.0 Å². The maximum absolute atomic E-state index is 4.92. The van der Waals surface area contributed by atoms with Crippen LogP contribution in [0.5, 0.6) is 0 Å². The van der Waals surface area contributed by atoms with Gasteiger partial charge in [0.05, 0.1) is 5.69 Å². The number of pyridine rings is 1. The Morgan fingerprint density at radius 3 is 2.85 bits per heavy atom. The SMILES string of the molecule is CNCc1c(N(CC2CC2)C2CC2)nc2ccccn12. The van der Waals surface area contributed by atoms with Crippen LogP contribution in [0.15, 0.2) is 24.4 Å². The zero-order valence-electron chi connectivity index (χ0n) is 12.0. The number of anilines is 1. The molecule has 2 heterocycles. The zero-order valence-corrected chi connectivity index (χ0v) is 12.0. The lowest BCUT2D eigenvalue weighted by molar-refractivity contribution is 0.697. The number of nitrogens with zero attached hydrogens (tertiary/aromatic N) is 3. The van der Waals surface area contributed by atoms with Gasteiger partial charge in [0, 0.05) is 25.3 Å². The summed E-state index contributed by atoms with van der Waals surface area (Å²) in [6.45, 7) is 2.07. The summed E-state index contributed by atoms with van der Waals surface area (Å²) in [7, 11) is 2.01. The van der Waals surface area contributed by atoms with Gasteiger partial charge in [0.1, 0.15) is 5.65 Å². The van der Waals surface area contributed by atoms with Crippen LogP contribution < -0.4 is 10.2 Å². The molecule has 0 saturated heterocycles. The molecule has 2 saturated carbocycles. The van der Waals surface area contributed by atoms with Gasteiger partial charge >= 0.3 is 0 Å². The van der Waals surface area contributed by atoms with Crippen LogP contribution in [0.25, 0.3) is 5.65 Å². The van der Waals surface area contributed by atoms with Crippen molar-refractivity contribution < 1.29 is 0 Å². The summed E-state index contributed by atoms with van der Waals surface area (Å²) in [5.41, 5.74) is 2.37. The highest BCUT2D eigenvalue weighted by Crippen LogP contribution is 2.38. The van der Waals surface area contributed by atoms with Crippen LogP contribution in [0.3, 0.4) is 0 Å².